The number of rotatable bonds is 14. The van der Waals surface area contributed by atoms with Crippen LogP contribution in [0.2, 0.25) is 0 Å². The van der Waals surface area contributed by atoms with Gasteiger partial charge in [-0.15, -0.1) is 0 Å². The van der Waals surface area contributed by atoms with Crippen LogP contribution in [0.4, 0.5) is 0 Å². The summed E-state index contributed by atoms with van der Waals surface area (Å²) in [5.41, 5.74) is 5.29. The predicted molar refractivity (Wildman–Crippen MR) is 93.4 cm³/mol. The third-order valence-corrected chi connectivity index (χ3v) is 3.18. The number of hydrogen-bond acceptors (Lipinski definition) is 3. The molecule has 124 valence electrons. The lowest BCUT2D eigenvalue weighted by Gasteiger charge is -2.03. The molecule has 0 aromatic carbocycles. The second-order valence-electron chi connectivity index (χ2n) is 5.41. The van der Waals surface area contributed by atoms with E-state index in [9.17, 15) is 0 Å². The molecule has 0 aliphatic heterocycles. The molecule has 0 atom stereocenters. The summed E-state index contributed by atoms with van der Waals surface area (Å²) in [6.45, 7) is 11.6. The molecule has 0 spiro atoms. The first kappa shape index (κ1) is 22.2. The van der Waals surface area contributed by atoms with Crippen molar-refractivity contribution in [1.82, 2.24) is 10.6 Å². The Morgan fingerprint density at radius 3 is 1.40 bits per heavy atom. The molecule has 0 aliphatic carbocycles. The van der Waals surface area contributed by atoms with Crippen LogP contribution < -0.4 is 16.4 Å². The van der Waals surface area contributed by atoms with Crippen molar-refractivity contribution in [3.8, 4) is 0 Å². The summed E-state index contributed by atoms with van der Waals surface area (Å²) >= 11 is 0. The topological polar surface area (TPSA) is 50.1 Å². The van der Waals surface area contributed by atoms with Gasteiger partial charge in [0.05, 0.1) is 0 Å². The second kappa shape index (κ2) is 23.9. The largest absolute Gasteiger partial charge is 0.329 e. The standard InChI is InChI=1S/C10H22.C7H19N3/c1-3-5-7-9-10-8-6-4-2;1-2-4-9-6-7-10-5-3-8/h3-10H2,1-2H3;9-10H,2-8H2,1H3. The first-order valence-electron chi connectivity index (χ1n) is 8.94. The molecule has 0 aliphatic rings. The van der Waals surface area contributed by atoms with E-state index in [-0.39, 0.29) is 0 Å². The molecule has 3 nitrogen and oxygen atoms in total. The van der Waals surface area contributed by atoms with Gasteiger partial charge in [0.2, 0.25) is 0 Å². The summed E-state index contributed by atoms with van der Waals surface area (Å²) < 4.78 is 0. The van der Waals surface area contributed by atoms with E-state index in [1.807, 2.05) is 0 Å². The first-order valence-corrected chi connectivity index (χ1v) is 8.94. The Kier molecular flexibility index (Phi) is 26.5. The van der Waals surface area contributed by atoms with Crippen LogP contribution in [-0.4, -0.2) is 32.7 Å². The first-order chi connectivity index (χ1) is 9.83. The SMILES string of the molecule is CCCCCCCCCC.CCCNCCNCCN. The lowest BCUT2D eigenvalue weighted by atomic mass is 10.1. The molecule has 0 fully saturated rings. The highest BCUT2D eigenvalue weighted by Crippen LogP contribution is 2.07. The van der Waals surface area contributed by atoms with E-state index in [2.05, 4.69) is 31.4 Å². The van der Waals surface area contributed by atoms with Gasteiger partial charge in [-0.05, 0) is 13.0 Å². The van der Waals surface area contributed by atoms with Crippen LogP contribution >= 0.6 is 0 Å². The Morgan fingerprint density at radius 1 is 0.550 bits per heavy atom. The van der Waals surface area contributed by atoms with E-state index in [1.165, 1.54) is 57.8 Å². The van der Waals surface area contributed by atoms with E-state index in [4.69, 9.17) is 5.73 Å². The number of nitrogens with one attached hydrogen (secondary N) is 2. The van der Waals surface area contributed by atoms with Crippen molar-refractivity contribution in [3.05, 3.63) is 0 Å². The van der Waals surface area contributed by atoms with Gasteiger partial charge in [0.25, 0.3) is 0 Å². The maximum absolute atomic E-state index is 5.29. The van der Waals surface area contributed by atoms with Gasteiger partial charge in [-0.2, -0.15) is 0 Å². The zero-order chi connectivity index (χ0) is 15.3. The Morgan fingerprint density at radius 2 is 1.00 bits per heavy atom. The molecule has 4 N–H and O–H groups in total. The molecule has 0 aromatic heterocycles. The Hall–Kier alpha value is -0.120. The highest BCUT2D eigenvalue weighted by molar-refractivity contribution is 4.50. The summed E-state index contributed by atoms with van der Waals surface area (Å²) in [7, 11) is 0. The summed E-state index contributed by atoms with van der Waals surface area (Å²) in [5, 5.41) is 6.50. The average molecular weight is 288 g/mol. The van der Waals surface area contributed by atoms with Gasteiger partial charge in [0.15, 0.2) is 0 Å². The lowest BCUT2D eigenvalue weighted by Crippen LogP contribution is -2.30. The lowest BCUT2D eigenvalue weighted by molar-refractivity contribution is 0.585. The minimum absolute atomic E-state index is 0.730. The van der Waals surface area contributed by atoms with Crippen molar-refractivity contribution in [1.29, 1.82) is 0 Å². The fourth-order valence-corrected chi connectivity index (χ4v) is 1.91. The van der Waals surface area contributed by atoms with Crippen LogP contribution in [0.15, 0.2) is 0 Å². The third-order valence-electron chi connectivity index (χ3n) is 3.18. The Balaban J connectivity index is 0. The molecule has 20 heavy (non-hydrogen) atoms. The summed E-state index contributed by atoms with van der Waals surface area (Å²) in [5.74, 6) is 0. The van der Waals surface area contributed by atoms with E-state index >= 15 is 0 Å². The third kappa shape index (κ3) is 26.4. The number of unbranched alkanes of at least 4 members (excludes halogenated alkanes) is 7. The highest BCUT2D eigenvalue weighted by atomic mass is 14.9. The normalized spacial score (nSPS) is 10.2. The fraction of sp³-hybridized carbons (Fsp3) is 1.00. The van der Waals surface area contributed by atoms with Crippen LogP contribution in [0.1, 0.15) is 78.6 Å². The molecule has 0 amide bonds. The molecule has 0 rings (SSSR count). The molecule has 0 bridgehead atoms. The maximum atomic E-state index is 5.29. The Labute approximate surface area is 128 Å². The van der Waals surface area contributed by atoms with Crippen LogP contribution in [0.3, 0.4) is 0 Å². The summed E-state index contributed by atoms with van der Waals surface area (Å²) in [6, 6.07) is 0. The minimum atomic E-state index is 0.730. The van der Waals surface area contributed by atoms with Crippen LogP contribution in [0, 0.1) is 0 Å². The van der Waals surface area contributed by atoms with Crippen molar-refractivity contribution in [2.24, 2.45) is 5.73 Å². The summed E-state index contributed by atoms with van der Waals surface area (Å²) in [6.07, 6.45) is 12.7. The van der Waals surface area contributed by atoms with Gasteiger partial charge in [-0.25, -0.2) is 0 Å². The zero-order valence-electron chi connectivity index (χ0n) is 14.5. The Bertz CT molecular complexity index is 108. The summed E-state index contributed by atoms with van der Waals surface area (Å²) in [4.78, 5) is 0. The molecule has 0 aromatic rings. The second-order valence-corrected chi connectivity index (χ2v) is 5.41. The van der Waals surface area contributed by atoms with Gasteiger partial charge in [0, 0.05) is 26.2 Å². The smallest absolute Gasteiger partial charge is 0.00772 e. The van der Waals surface area contributed by atoms with Gasteiger partial charge in [0.1, 0.15) is 0 Å². The van der Waals surface area contributed by atoms with Gasteiger partial charge in [-0.3, -0.25) is 0 Å². The molecule has 0 saturated carbocycles. The van der Waals surface area contributed by atoms with Gasteiger partial charge < -0.3 is 16.4 Å². The van der Waals surface area contributed by atoms with Crippen molar-refractivity contribution < 1.29 is 0 Å². The van der Waals surface area contributed by atoms with E-state index in [0.29, 0.717) is 0 Å². The van der Waals surface area contributed by atoms with Crippen molar-refractivity contribution >= 4 is 0 Å². The highest BCUT2D eigenvalue weighted by Gasteiger charge is 1.87. The van der Waals surface area contributed by atoms with E-state index < -0.39 is 0 Å². The molecular formula is C17H41N3. The van der Waals surface area contributed by atoms with E-state index in [1.54, 1.807) is 0 Å². The maximum Gasteiger partial charge on any atom is 0.00772 e. The fourth-order valence-electron chi connectivity index (χ4n) is 1.91. The zero-order valence-corrected chi connectivity index (χ0v) is 14.5. The van der Waals surface area contributed by atoms with Gasteiger partial charge >= 0.3 is 0 Å². The predicted octanol–water partition coefficient (Wildman–Crippen LogP) is 3.68. The van der Waals surface area contributed by atoms with Crippen molar-refractivity contribution in [3.63, 3.8) is 0 Å². The van der Waals surface area contributed by atoms with Crippen LogP contribution in [0.25, 0.3) is 0 Å². The quantitative estimate of drug-likeness (QED) is 0.427. The number of nitrogens with two attached hydrogens (primary N) is 1. The minimum Gasteiger partial charge on any atom is -0.329 e. The molecule has 3 heteroatoms. The van der Waals surface area contributed by atoms with Crippen molar-refractivity contribution in [2.75, 3.05) is 32.7 Å². The van der Waals surface area contributed by atoms with Gasteiger partial charge in [-0.1, -0.05) is 72.1 Å². The molecule has 0 saturated heterocycles. The molecule has 0 radical (unpaired) electrons. The monoisotopic (exact) mass is 287 g/mol. The molecule has 0 unspecified atom stereocenters. The van der Waals surface area contributed by atoms with Crippen LogP contribution in [-0.2, 0) is 0 Å². The van der Waals surface area contributed by atoms with Crippen molar-refractivity contribution in [2.45, 2.75) is 78.6 Å². The van der Waals surface area contributed by atoms with E-state index in [0.717, 1.165) is 32.7 Å². The van der Waals surface area contributed by atoms with Crippen LogP contribution in [0.5, 0.6) is 0 Å². The molecular weight excluding hydrogens is 246 g/mol. The number of hydrogen-bond donors (Lipinski definition) is 3. The average Bonchev–Trinajstić information content (AvgIpc) is 2.47. The molecule has 0 heterocycles.